The minimum Gasteiger partial charge on any atom is -0.319 e. The van der Waals surface area contributed by atoms with Crippen molar-refractivity contribution < 1.29 is 0 Å². The van der Waals surface area contributed by atoms with E-state index in [0.29, 0.717) is 11.8 Å². The Balaban J connectivity index is 2.37. The first-order chi connectivity index (χ1) is 7.72. The smallest absolute Gasteiger partial charge is 0.0984 e. The number of fused-ring (bicyclic) bond motifs is 1. The van der Waals surface area contributed by atoms with Crippen LogP contribution < -0.4 is 5.32 Å². The highest BCUT2D eigenvalue weighted by Crippen LogP contribution is 2.31. The summed E-state index contributed by atoms with van der Waals surface area (Å²) in [6.45, 7) is 5.51. The van der Waals surface area contributed by atoms with Gasteiger partial charge in [-0.1, -0.05) is 26.0 Å². The zero-order valence-corrected chi connectivity index (χ0v) is 10.8. The minimum atomic E-state index is 0.516. The molecule has 0 spiro atoms. The average molecular weight is 234 g/mol. The highest BCUT2D eigenvalue weighted by Gasteiger charge is 2.18. The number of likely N-dealkylation sites (N-methyl/N-ethyl adjacent to an activating group) is 1. The number of nitrogens with one attached hydrogen (secondary N) is 1. The Hall–Kier alpha value is -0.930. The summed E-state index contributed by atoms with van der Waals surface area (Å²) in [6.07, 6.45) is 0. The number of benzene rings is 1. The molecule has 0 aliphatic carbocycles. The molecule has 0 aliphatic rings. The van der Waals surface area contributed by atoms with Gasteiger partial charge in [0.2, 0.25) is 0 Å². The van der Waals surface area contributed by atoms with Crippen molar-refractivity contribution >= 4 is 21.6 Å². The third kappa shape index (κ3) is 2.25. The maximum Gasteiger partial charge on any atom is 0.0984 e. The summed E-state index contributed by atoms with van der Waals surface area (Å²) in [5.41, 5.74) is 1.13. The maximum absolute atomic E-state index is 4.73. The number of hydrogen-bond acceptors (Lipinski definition) is 3. The highest BCUT2D eigenvalue weighted by atomic mass is 32.1. The molecule has 0 aliphatic heterocycles. The van der Waals surface area contributed by atoms with Gasteiger partial charge >= 0.3 is 0 Å². The van der Waals surface area contributed by atoms with Crippen LogP contribution in [0.5, 0.6) is 0 Å². The predicted molar refractivity (Wildman–Crippen MR) is 71.1 cm³/mol. The Morgan fingerprint density at radius 2 is 2.06 bits per heavy atom. The fourth-order valence-electron chi connectivity index (χ4n) is 1.88. The fourth-order valence-corrected chi connectivity index (χ4v) is 3.12. The van der Waals surface area contributed by atoms with Gasteiger partial charge in [0.1, 0.15) is 0 Å². The molecule has 0 amide bonds. The lowest BCUT2D eigenvalue weighted by molar-refractivity contribution is 0.477. The molecule has 1 atom stereocenters. The fraction of sp³-hybridized carbons (Fsp3) is 0.462. The largest absolute Gasteiger partial charge is 0.319 e. The third-order valence-electron chi connectivity index (χ3n) is 2.86. The molecular formula is C13H18N2S. The lowest BCUT2D eigenvalue weighted by Crippen LogP contribution is -2.21. The van der Waals surface area contributed by atoms with Crippen molar-refractivity contribution in [3.63, 3.8) is 0 Å². The van der Waals surface area contributed by atoms with Gasteiger partial charge < -0.3 is 5.32 Å². The van der Waals surface area contributed by atoms with Gasteiger partial charge in [-0.15, -0.1) is 11.3 Å². The molecule has 2 aromatic rings. The number of thiazole rings is 1. The third-order valence-corrected chi connectivity index (χ3v) is 4.02. The van der Waals surface area contributed by atoms with Crippen molar-refractivity contribution in [1.29, 1.82) is 0 Å². The van der Waals surface area contributed by atoms with E-state index in [2.05, 4.69) is 37.4 Å². The van der Waals surface area contributed by atoms with E-state index < -0.39 is 0 Å². The molecule has 16 heavy (non-hydrogen) atoms. The van der Waals surface area contributed by atoms with Crippen LogP contribution in [0.25, 0.3) is 10.2 Å². The summed E-state index contributed by atoms with van der Waals surface area (Å²) in [5.74, 6) is 1.13. The molecule has 0 saturated heterocycles. The van der Waals surface area contributed by atoms with Crippen LogP contribution in [-0.2, 0) is 0 Å². The molecule has 1 heterocycles. The normalized spacial score (nSPS) is 13.5. The number of rotatable bonds is 4. The second kappa shape index (κ2) is 4.93. The van der Waals surface area contributed by atoms with E-state index >= 15 is 0 Å². The monoisotopic (exact) mass is 234 g/mol. The van der Waals surface area contributed by atoms with Crippen molar-refractivity contribution in [3.8, 4) is 0 Å². The summed E-state index contributed by atoms with van der Waals surface area (Å²) in [4.78, 5) is 4.73. The summed E-state index contributed by atoms with van der Waals surface area (Å²) < 4.78 is 1.29. The number of para-hydroxylation sites is 1. The van der Waals surface area contributed by atoms with Crippen molar-refractivity contribution in [2.75, 3.05) is 13.6 Å². The Kier molecular flexibility index (Phi) is 3.56. The first kappa shape index (κ1) is 11.6. The van der Waals surface area contributed by atoms with Crippen LogP contribution in [-0.4, -0.2) is 18.6 Å². The van der Waals surface area contributed by atoms with E-state index in [9.17, 15) is 0 Å². The Bertz CT molecular complexity index is 429. The van der Waals surface area contributed by atoms with E-state index in [1.807, 2.05) is 24.5 Å². The number of hydrogen-bond donors (Lipinski definition) is 1. The van der Waals surface area contributed by atoms with E-state index in [1.165, 1.54) is 9.71 Å². The van der Waals surface area contributed by atoms with Crippen molar-refractivity contribution in [1.82, 2.24) is 10.3 Å². The van der Waals surface area contributed by atoms with Gasteiger partial charge in [-0.3, -0.25) is 0 Å². The zero-order chi connectivity index (χ0) is 11.5. The van der Waals surface area contributed by atoms with Gasteiger partial charge in [-0.05, 0) is 25.1 Å². The molecule has 1 aromatic heterocycles. The molecule has 2 rings (SSSR count). The van der Waals surface area contributed by atoms with Crippen molar-refractivity contribution in [3.05, 3.63) is 29.3 Å². The molecule has 0 saturated carbocycles. The van der Waals surface area contributed by atoms with Gasteiger partial charge in [0.15, 0.2) is 0 Å². The van der Waals surface area contributed by atoms with Crippen LogP contribution >= 0.6 is 11.3 Å². The van der Waals surface area contributed by atoms with Crippen molar-refractivity contribution in [2.24, 2.45) is 5.92 Å². The van der Waals surface area contributed by atoms with Gasteiger partial charge in [-0.25, -0.2) is 4.98 Å². The summed E-state index contributed by atoms with van der Waals surface area (Å²) in [7, 11) is 2.00. The van der Waals surface area contributed by atoms with Crippen LogP contribution in [0.1, 0.15) is 24.8 Å². The van der Waals surface area contributed by atoms with Crippen LogP contribution in [0, 0.1) is 5.92 Å². The standard InChI is InChI=1S/C13H18N2S/c1-9(2)10(8-14-3)13-15-11-6-4-5-7-12(11)16-13/h4-7,9-10,14H,8H2,1-3H3. The second-order valence-electron chi connectivity index (χ2n) is 4.43. The number of aromatic nitrogens is 1. The molecule has 1 unspecified atom stereocenters. The van der Waals surface area contributed by atoms with Gasteiger partial charge in [-0.2, -0.15) is 0 Å². The van der Waals surface area contributed by atoms with E-state index in [-0.39, 0.29) is 0 Å². The first-order valence-electron chi connectivity index (χ1n) is 5.72. The van der Waals surface area contributed by atoms with Gasteiger partial charge in [0, 0.05) is 12.5 Å². The molecule has 86 valence electrons. The van der Waals surface area contributed by atoms with E-state index in [4.69, 9.17) is 4.98 Å². The van der Waals surface area contributed by atoms with Crippen LogP contribution in [0.4, 0.5) is 0 Å². The van der Waals surface area contributed by atoms with Crippen LogP contribution in [0.15, 0.2) is 24.3 Å². The first-order valence-corrected chi connectivity index (χ1v) is 6.54. The van der Waals surface area contributed by atoms with Crippen LogP contribution in [0.2, 0.25) is 0 Å². The quantitative estimate of drug-likeness (QED) is 0.878. The Labute approximate surface area is 101 Å². The summed E-state index contributed by atoms with van der Waals surface area (Å²) in [6, 6.07) is 8.36. The maximum atomic E-state index is 4.73. The Morgan fingerprint density at radius 1 is 1.31 bits per heavy atom. The predicted octanol–water partition coefficient (Wildman–Crippen LogP) is 3.26. The minimum absolute atomic E-state index is 0.516. The molecule has 3 heteroatoms. The molecule has 0 bridgehead atoms. The highest BCUT2D eigenvalue weighted by molar-refractivity contribution is 7.18. The van der Waals surface area contributed by atoms with Crippen LogP contribution in [0.3, 0.4) is 0 Å². The zero-order valence-electron chi connectivity index (χ0n) is 10.0. The Morgan fingerprint density at radius 3 is 2.69 bits per heavy atom. The van der Waals surface area contributed by atoms with Gasteiger partial charge in [0.25, 0.3) is 0 Å². The summed E-state index contributed by atoms with van der Waals surface area (Å²) in [5, 5.41) is 4.51. The topological polar surface area (TPSA) is 24.9 Å². The lowest BCUT2D eigenvalue weighted by atomic mass is 9.96. The van der Waals surface area contributed by atoms with Gasteiger partial charge in [0.05, 0.1) is 15.2 Å². The average Bonchev–Trinajstić information content (AvgIpc) is 2.68. The van der Waals surface area contributed by atoms with Crippen molar-refractivity contribution in [2.45, 2.75) is 19.8 Å². The molecule has 1 aromatic carbocycles. The second-order valence-corrected chi connectivity index (χ2v) is 5.49. The molecule has 0 radical (unpaired) electrons. The molecule has 1 N–H and O–H groups in total. The lowest BCUT2D eigenvalue weighted by Gasteiger charge is -2.17. The van der Waals surface area contributed by atoms with E-state index in [0.717, 1.165) is 12.1 Å². The summed E-state index contributed by atoms with van der Waals surface area (Å²) >= 11 is 1.82. The van der Waals surface area contributed by atoms with E-state index in [1.54, 1.807) is 0 Å². The molecular weight excluding hydrogens is 216 g/mol. The SMILES string of the molecule is CNCC(c1nc2ccccc2s1)C(C)C. The number of nitrogens with zero attached hydrogens (tertiary/aromatic N) is 1. The molecule has 2 nitrogen and oxygen atoms in total. The molecule has 0 fully saturated rings.